The molecule has 8 nitrogen and oxygen atoms in total. The van der Waals surface area contributed by atoms with Crippen molar-refractivity contribution in [3.63, 3.8) is 0 Å². The summed E-state index contributed by atoms with van der Waals surface area (Å²) in [7, 11) is 2.53. The van der Waals surface area contributed by atoms with E-state index in [1.165, 1.54) is 36.4 Å². The van der Waals surface area contributed by atoms with Crippen molar-refractivity contribution < 1.29 is 42.0 Å². The molecule has 0 atom stereocenters. The van der Waals surface area contributed by atoms with Crippen LogP contribution in [-0.2, 0) is 27.1 Å². The van der Waals surface area contributed by atoms with Crippen LogP contribution in [0.5, 0.6) is 11.5 Å². The molecule has 0 spiro atoms. The van der Waals surface area contributed by atoms with E-state index in [0.29, 0.717) is 5.75 Å². The zero-order chi connectivity index (χ0) is 28.9. The summed E-state index contributed by atoms with van der Waals surface area (Å²) in [5.41, 5.74) is -2.32. The lowest BCUT2D eigenvalue weighted by Gasteiger charge is -2.32. The van der Waals surface area contributed by atoms with Crippen molar-refractivity contribution in [3.8, 4) is 11.5 Å². The number of esters is 1. The Hall–Kier alpha value is -3.96. The Labute approximate surface area is 233 Å². The number of alkyl halides is 3. The van der Waals surface area contributed by atoms with E-state index in [1.807, 2.05) is 0 Å². The van der Waals surface area contributed by atoms with E-state index in [0.717, 1.165) is 18.7 Å². The molecule has 1 saturated heterocycles. The largest absolute Gasteiger partial charge is 0.505 e. The minimum Gasteiger partial charge on any atom is -0.505 e. The maximum Gasteiger partial charge on any atom is 0.419 e. The molecule has 212 valence electrons. The second kappa shape index (κ2) is 12.5. The van der Waals surface area contributed by atoms with E-state index in [-0.39, 0.29) is 55.1 Å². The third-order valence-electron chi connectivity index (χ3n) is 6.16. The lowest BCUT2D eigenvalue weighted by molar-refractivity contribution is -0.137. The number of morpholine rings is 1. The van der Waals surface area contributed by atoms with Gasteiger partial charge >= 0.3 is 12.1 Å². The minimum absolute atomic E-state index is 0.0289. The molecule has 0 aliphatic carbocycles. The van der Waals surface area contributed by atoms with Crippen LogP contribution >= 0.6 is 11.6 Å². The van der Waals surface area contributed by atoms with Crippen molar-refractivity contribution in [1.82, 2.24) is 4.98 Å². The molecule has 2 aromatic carbocycles. The molecule has 0 radical (unpaired) electrons. The summed E-state index contributed by atoms with van der Waals surface area (Å²) < 4.78 is 64.9. The van der Waals surface area contributed by atoms with Gasteiger partial charge in [0.1, 0.15) is 29.4 Å². The number of pyridine rings is 1. The third-order valence-corrected chi connectivity index (χ3v) is 6.38. The molecular weight excluding hydrogens is 553 g/mol. The lowest BCUT2D eigenvalue weighted by atomic mass is 9.94. The fourth-order valence-electron chi connectivity index (χ4n) is 4.26. The first-order valence-corrected chi connectivity index (χ1v) is 12.5. The van der Waals surface area contributed by atoms with Gasteiger partial charge in [0, 0.05) is 29.9 Å². The molecule has 4 rings (SSSR count). The molecule has 0 unspecified atom stereocenters. The molecule has 12 heteroatoms. The van der Waals surface area contributed by atoms with E-state index in [2.05, 4.69) is 4.98 Å². The highest BCUT2D eigenvalue weighted by atomic mass is 35.5. The number of hydrogen-bond donors (Lipinski definition) is 1. The van der Waals surface area contributed by atoms with Gasteiger partial charge in [0.15, 0.2) is 5.76 Å². The van der Waals surface area contributed by atoms with Gasteiger partial charge in [0.25, 0.3) is 0 Å². The van der Waals surface area contributed by atoms with Crippen LogP contribution in [0.4, 0.5) is 18.9 Å². The fraction of sp³-hybridized carbons (Fsp3) is 0.286. The highest BCUT2D eigenvalue weighted by Crippen LogP contribution is 2.45. The smallest absolute Gasteiger partial charge is 0.419 e. The van der Waals surface area contributed by atoms with Gasteiger partial charge in [-0.3, -0.25) is 0 Å². The topological polar surface area (TPSA) is 90.4 Å². The van der Waals surface area contributed by atoms with Crippen LogP contribution in [0.1, 0.15) is 22.4 Å². The Balaban J connectivity index is 1.85. The fourth-order valence-corrected chi connectivity index (χ4v) is 4.48. The summed E-state index contributed by atoms with van der Waals surface area (Å²) in [6.07, 6.45) is -3.62. The summed E-state index contributed by atoms with van der Waals surface area (Å²) >= 11 is 6.27. The van der Waals surface area contributed by atoms with Crippen molar-refractivity contribution in [2.75, 3.05) is 45.4 Å². The van der Waals surface area contributed by atoms with Crippen LogP contribution in [0.3, 0.4) is 0 Å². The molecule has 1 fully saturated rings. The molecule has 40 heavy (non-hydrogen) atoms. The zero-order valence-corrected chi connectivity index (χ0v) is 22.4. The number of aliphatic hydroxyl groups is 1. The Morgan fingerprint density at radius 3 is 2.45 bits per heavy atom. The number of methoxy groups -OCH3 is 2. The minimum atomic E-state index is -4.93. The SMILES string of the molecule is COC(=O)/C(=C(/O)c1ncccc1OCc1ccc(OC)cc1)c1cc(Cl)cc(N2CCOCC2)c1C(F)(F)F. The summed E-state index contributed by atoms with van der Waals surface area (Å²) in [5.74, 6) is -1.41. The van der Waals surface area contributed by atoms with Crippen LogP contribution < -0.4 is 14.4 Å². The quantitative estimate of drug-likeness (QED) is 0.204. The van der Waals surface area contributed by atoms with Gasteiger partial charge in [-0.15, -0.1) is 0 Å². The van der Waals surface area contributed by atoms with Crippen LogP contribution in [0.15, 0.2) is 54.7 Å². The van der Waals surface area contributed by atoms with E-state index < -0.39 is 34.6 Å². The predicted molar refractivity (Wildman–Crippen MR) is 143 cm³/mol. The summed E-state index contributed by atoms with van der Waals surface area (Å²) in [6, 6.07) is 12.1. The molecule has 2 heterocycles. The van der Waals surface area contributed by atoms with Crippen LogP contribution in [0.2, 0.25) is 5.02 Å². The van der Waals surface area contributed by atoms with E-state index in [1.54, 1.807) is 24.3 Å². The van der Waals surface area contributed by atoms with Gasteiger partial charge in [0.05, 0.1) is 38.7 Å². The van der Waals surface area contributed by atoms with Crippen molar-refractivity contribution >= 4 is 34.6 Å². The Morgan fingerprint density at radius 1 is 1.12 bits per heavy atom. The van der Waals surface area contributed by atoms with Crippen LogP contribution in [0, 0.1) is 0 Å². The number of benzene rings is 2. The Bertz CT molecular complexity index is 1390. The first-order valence-electron chi connectivity index (χ1n) is 12.1. The van der Waals surface area contributed by atoms with Gasteiger partial charge in [-0.1, -0.05) is 23.7 Å². The number of carbonyl (C=O) groups excluding carboxylic acids is 1. The van der Waals surface area contributed by atoms with E-state index in [9.17, 15) is 23.1 Å². The number of rotatable bonds is 8. The van der Waals surface area contributed by atoms with Gasteiger partial charge in [-0.25, -0.2) is 9.78 Å². The standard InChI is InChI=1S/C28H26ClF3N2O6/c1-37-19-7-5-17(6-8-19)16-40-22-4-3-9-33-25(22)26(35)23(27(36)38-2)20-14-18(29)15-21(24(20)28(30,31)32)34-10-12-39-13-11-34/h3-9,14-15,35H,10-13,16H2,1-2H3/b26-23+. The maximum absolute atomic E-state index is 14.6. The highest BCUT2D eigenvalue weighted by Gasteiger charge is 2.41. The van der Waals surface area contributed by atoms with Crippen LogP contribution in [-0.4, -0.2) is 56.6 Å². The number of hydrogen-bond acceptors (Lipinski definition) is 8. The predicted octanol–water partition coefficient (Wildman–Crippen LogP) is 5.78. The van der Waals surface area contributed by atoms with Gasteiger partial charge in [-0.2, -0.15) is 13.2 Å². The zero-order valence-electron chi connectivity index (χ0n) is 21.6. The number of aliphatic hydroxyl groups excluding tert-OH is 1. The van der Waals surface area contributed by atoms with E-state index >= 15 is 0 Å². The second-order valence-electron chi connectivity index (χ2n) is 8.65. The normalized spacial score (nSPS) is 14.4. The summed E-state index contributed by atoms with van der Waals surface area (Å²) in [4.78, 5) is 18.6. The molecule has 1 aliphatic heterocycles. The molecule has 0 amide bonds. The third kappa shape index (κ3) is 6.43. The molecule has 0 bridgehead atoms. The second-order valence-corrected chi connectivity index (χ2v) is 9.08. The number of anilines is 1. The summed E-state index contributed by atoms with van der Waals surface area (Å²) in [5, 5.41) is 11.3. The van der Waals surface area contributed by atoms with Crippen LogP contribution in [0.25, 0.3) is 11.3 Å². The number of aromatic nitrogens is 1. The molecule has 1 aliphatic rings. The molecule has 1 N–H and O–H groups in total. The van der Waals surface area contributed by atoms with Crippen molar-refractivity contribution in [2.24, 2.45) is 0 Å². The molecule has 0 saturated carbocycles. The Kier molecular flexibility index (Phi) is 9.06. The molecular formula is C28H26ClF3N2O6. The molecule has 1 aromatic heterocycles. The van der Waals surface area contributed by atoms with Crippen molar-refractivity contribution in [2.45, 2.75) is 12.8 Å². The first kappa shape index (κ1) is 29.0. The first-order chi connectivity index (χ1) is 19.1. The van der Waals surface area contributed by atoms with Gasteiger partial charge in [-0.05, 0) is 42.0 Å². The molecule has 3 aromatic rings. The average Bonchev–Trinajstić information content (AvgIpc) is 2.96. The summed E-state index contributed by atoms with van der Waals surface area (Å²) in [6.45, 7) is 0.820. The number of ether oxygens (including phenoxy) is 4. The van der Waals surface area contributed by atoms with Gasteiger partial charge in [0.2, 0.25) is 0 Å². The monoisotopic (exact) mass is 578 g/mol. The number of nitrogens with zero attached hydrogens (tertiary/aromatic N) is 2. The van der Waals surface area contributed by atoms with Gasteiger partial charge < -0.3 is 29.0 Å². The van der Waals surface area contributed by atoms with Crippen molar-refractivity contribution in [3.05, 3.63) is 82.1 Å². The van der Waals surface area contributed by atoms with E-state index in [4.69, 9.17) is 30.5 Å². The Morgan fingerprint density at radius 2 is 1.82 bits per heavy atom. The highest BCUT2D eigenvalue weighted by molar-refractivity contribution is 6.32. The maximum atomic E-state index is 14.6. The average molecular weight is 579 g/mol. The number of halogens is 4. The number of carbonyl (C=O) groups is 1. The van der Waals surface area contributed by atoms with Crippen molar-refractivity contribution in [1.29, 1.82) is 0 Å². The lowest BCUT2D eigenvalue weighted by Crippen LogP contribution is -2.37.